The molecule has 1 amide bonds. The Morgan fingerprint density at radius 2 is 1.83 bits per heavy atom. The normalized spacial score (nSPS) is 26.5. The number of aromatic nitrogens is 1. The molecule has 0 radical (unpaired) electrons. The van der Waals surface area contributed by atoms with E-state index in [0.29, 0.717) is 12.1 Å². The Hall–Kier alpha value is -2.40. The zero-order chi connectivity index (χ0) is 17.2. The lowest BCUT2D eigenvalue weighted by Crippen LogP contribution is -2.54. The summed E-state index contributed by atoms with van der Waals surface area (Å²) in [6.45, 7) is 3.63. The number of ether oxygens (including phenoxy) is 1. The molecule has 0 aliphatic carbocycles. The second-order valence-electron chi connectivity index (χ2n) is 6.51. The van der Waals surface area contributed by atoms with Gasteiger partial charge in [-0.25, -0.2) is 4.79 Å². The minimum Gasteiger partial charge on any atom is -0.438 e. The molecule has 5 heteroatoms. The molecular formula is C19H22N2O3. The number of amides is 1. The van der Waals surface area contributed by atoms with E-state index in [-0.39, 0.29) is 6.54 Å². The third-order valence-electron chi connectivity index (χ3n) is 4.84. The van der Waals surface area contributed by atoms with Gasteiger partial charge >= 0.3 is 6.09 Å². The molecule has 0 bridgehead atoms. The molecule has 1 fully saturated rings. The van der Waals surface area contributed by atoms with Gasteiger partial charge in [-0.1, -0.05) is 36.4 Å². The van der Waals surface area contributed by atoms with E-state index >= 15 is 0 Å². The van der Waals surface area contributed by atoms with Crippen molar-refractivity contribution in [2.45, 2.75) is 44.6 Å². The Balaban J connectivity index is 1.76. The molecular weight excluding hydrogens is 304 g/mol. The Morgan fingerprint density at radius 3 is 2.50 bits per heavy atom. The number of rotatable bonds is 5. The molecule has 0 saturated carbocycles. The number of nitrogens with zero attached hydrogens (tertiary/aromatic N) is 2. The number of aliphatic hydroxyl groups is 1. The lowest BCUT2D eigenvalue weighted by molar-refractivity contribution is -0.141. The summed E-state index contributed by atoms with van der Waals surface area (Å²) in [5.74, 6) is 0. The lowest BCUT2D eigenvalue weighted by Gasteiger charge is -2.37. The fraction of sp³-hybridized carbons (Fsp3) is 0.368. The van der Waals surface area contributed by atoms with Gasteiger partial charge in [0.25, 0.3) is 0 Å². The number of hydrogen-bond donors (Lipinski definition) is 1. The second-order valence-corrected chi connectivity index (χ2v) is 6.51. The lowest BCUT2D eigenvalue weighted by atomic mass is 9.87. The smallest absolute Gasteiger partial charge is 0.413 e. The maximum Gasteiger partial charge on any atom is 0.413 e. The minimum atomic E-state index is -1.41. The summed E-state index contributed by atoms with van der Waals surface area (Å²) in [6, 6.07) is 15.5. The van der Waals surface area contributed by atoms with Crippen LogP contribution in [0.25, 0.3) is 0 Å². The molecule has 5 nitrogen and oxygen atoms in total. The first kappa shape index (κ1) is 16.5. The van der Waals surface area contributed by atoms with Crippen LogP contribution in [0.3, 0.4) is 0 Å². The second kappa shape index (κ2) is 6.24. The van der Waals surface area contributed by atoms with Crippen molar-refractivity contribution >= 4 is 6.09 Å². The van der Waals surface area contributed by atoms with Crippen molar-refractivity contribution in [1.82, 2.24) is 9.88 Å². The molecule has 24 heavy (non-hydrogen) atoms. The van der Waals surface area contributed by atoms with Crippen molar-refractivity contribution in [3.05, 3.63) is 66.0 Å². The first-order valence-electron chi connectivity index (χ1n) is 8.09. The first-order valence-corrected chi connectivity index (χ1v) is 8.09. The van der Waals surface area contributed by atoms with Gasteiger partial charge in [0, 0.05) is 6.20 Å². The van der Waals surface area contributed by atoms with E-state index in [0.717, 1.165) is 12.0 Å². The number of aryl methyl sites for hydroxylation is 1. The predicted molar refractivity (Wildman–Crippen MR) is 90.1 cm³/mol. The monoisotopic (exact) mass is 326 g/mol. The average molecular weight is 326 g/mol. The number of benzene rings is 1. The highest BCUT2D eigenvalue weighted by atomic mass is 16.6. The van der Waals surface area contributed by atoms with Crippen molar-refractivity contribution in [3.8, 4) is 0 Å². The quantitative estimate of drug-likeness (QED) is 0.917. The SMILES string of the molecule is C[C@]1(CCc2ccccc2)OC(=O)N(Cc2ccccn2)[C@@]1(C)O. The van der Waals surface area contributed by atoms with Crippen LogP contribution in [-0.4, -0.2) is 32.4 Å². The Labute approximate surface area is 141 Å². The van der Waals surface area contributed by atoms with E-state index in [2.05, 4.69) is 4.98 Å². The number of hydrogen-bond acceptors (Lipinski definition) is 4. The van der Waals surface area contributed by atoms with Crippen LogP contribution in [0.4, 0.5) is 4.79 Å². The highest BCUT2D eigenvalue weighted by molar-refractivity contribution is 5.72. The van der Waals surface area contributed by atoms with Crippen LogP contribution in [0.2, 0.25) is 0 Å². The Kier molecular flexibility index (Phi) is 4.28. The molecule has 2 atom stereocenters. The average Bonchev–Trinajstić information content (AvgIpc) is 2.75. The molecule has 1 aromatic carbocycles. The van der Waals surface area contributed by atoms with E-state index < -0.39 is 17.4 Å². The third kappa shape index (κ3) is 2.99. The molecule has 1 aromatic heterocycles. The van der Waals surface area contributed by atoms with E-state index in [9.17, 15) is 9.90 Å². The van der Waals surface area contributed by atoms with Gasteiger partial charge in [-0.2, -0.15) is 0 Å². The molecule has 1 saturated heterocycles. The Morgan fingerprint density at radius 1 is 1.12 bits per heavy atom. The first-order chi connectivity index (χ1) is 11.4. The fourth-order valence-corrected chi connectivity index (χ4v) is 3.00. The maximum atomic E-state index is 12.3. The van der Waals surface area contributed by atoms with Crippen LogP contribution in [-0.2, 0) is 17.7 Å². The largest absolute Gasteiger partial charge is 0.438 e. The number of carbonyl (C=O) groups is 1. The van der Waals surface area contributed by atoms with Crippen LogP contribution in [0.1, 0.15) is 31.5 Å². The van der Waals surface area contributed by atoms with Gasteiger partial charge in [0.2, 0.25) is 0 Å². The van der Waals surface area contributed by atoms with Crippen molar-refractivity contribution < 1.29 is 14.6 Å². The number of pyridine rings is 1. The van der Waals surface area contributed by atoms with E-state index in [4.69, 9.17) is 4.74 Å². The van der Waals surface area contributed by atoms with Gasteiger partial charge in [0.05, 0.1) is 12.2 Å². The zero-order valence-electron chi connectivity index (χ0n) is 14.0. The maximum absolute atomic E-state index is 12.3. The van der Waals surface area contributed by atoms with Crippen LogP contribution in [0, 0.1) is 0 Å². The molecule has 0 unspecified atom stereocenters. The summed E-state index contributed by atoms with van der Waals surface area (Å²) < 4.78 is 5.58. The van der Waals surface area contributed by atoms with Gasteiger partial charge in [-0.05, 0) is 44.4 Å². The van der Waals surface area contributed by atoms with Crippen molar-refractivity contribution in [3.63, 3.8) is 0 Å². The van der Waals surface area contributed by atoms with Gasteiger partial charge in [0.1, 0.15) is 0 Å². The van der Waals surface area contributed by atoms with E-state index in [1.165, 1.54) is 4.90 Å². The van der Waals surface area contributed by atoms with Crippen molar-refractivity contribution in [2.24, 2.45) is 0 Å². The van der Waals surface area contributed by atoms with Gasteiger partial charge in [0.15, 0.2) is 11.3 Å². The van der Waals surface area contributed by atoms with E-state index in [1.54, 1.807) is 20.0 Å². The summed E-state index contributed by atoms with van der Waals surface area (Å²) >= 11 is 0. The molecule has 2 heterocycles. The van der Waals surface area contributed by atoms with Crippen LogP contribution in [0.5, 0.6) is 0 Å². The van der Waals surface area contributed by atoms with Crippen LogP contribution < -0.4 is 0 Å². The highest BCUT2D eigenvalue weighted by Gasteiger charge is 2.58. The molecule has 1 aliphatic heterocycles. The molecule has 2 aromatic rings. The van der Waals surface area contributed by atoms with Crippen LogP contribution >= 0.6 is 0 Å². The molecule has 1 N–H and O–H groups in total. The number of cyclic esters (lactones) is 1. The van der Waals surface area contributed by atoms with Gasteiger partial charge in [-0.3, -0.25) is 9.88 Å². The zero-order valence-corrected chi connectivity index (χ0v) is 14.0. The standard InChI is InChI=1S/C19H22N2O3/c1-18(12-11-15-8-4-3-5-9-15)19(2,23)21(17(22)24-18)14-16-10-6-7-13-20-16/h3-10,13,23H,11-12,14H2,1-2H3/t18-,19+/m1/s1. The minimum absolute atomic E-state index is 0.216. The van der Waals surface area contributed by atoms with Gasteiger partial charge in [-0.15, -0.1) is 0 Å². The summed E-state index contributed by atoms with van der Waals surface area (Å²) in [5.41, 5.74) is -0.527. The molecule has 126 valence electrons. The Bertz CT molecular complexity index is 700. The fourth-order valence-electron chi connectivity index (χ4n) is 3.00. The predicted octanol–water partition coefficient (Wildman–Crippen LogP) is 3.13. The van der Waals surface area contributed by atoms with E-state index in [1.807, 2.05) is 48.5 Å². The summed E-state index contributed by atoms with van der Waals surface area (Å²) in [4.78, 5) is 17.9. The summed E-state index contributed by atoms with van der Waals surface area (Å²) in [6.07, 6.45) is 2.41. The summed E-state index contributed by atoms with van der Waals surface area (Å²) in [5, 5.41) is 11.0. The highest BCUT2D eigenvalue weighted by Crippen LogP contribution is 2.41. The van der Waals surface area contributed by atoms with Gasteiger partial charge < -0.3 is 9.84 Å². The van der Waals surface area contributed by atoms with Crippen molar-refractivity contribution in [1.29, 1.82) is 0 Å². The summed E-state index contributed by atoms with van der Waals surface area (Å²) in [7, 11) is 0. The molecule has 0 spiro atoms. The molecule has 3 rings (SSSR count). The topological polar surface area (TPSA) is 62.7 Å². The number of carbonyl (C=O) groups excluding carboxylic acids is 1. The van der Waals surface area contributed by atoms with Crippen molar-refractivity contribution in [2.75, 3.05) is 0 Å². The van der Waals surface area contributed by atoms with Crippen LogP contribution in [0.15, 0.2) is 54.7 Å². The third-order valence-corrected chi connectivity index (χ3v) is 4.84. The molecule has 1 aliphatic rings.